The molecule has 13 heteroatoms. The van der Waals surface area contributed by atoms with Crippen LogP contribution < -0.4 is 15.6 Å². The molecule has 5 rings (SSSR count). The van der Waals surface area contributed by atoms with Gasteiger partial charge in [0.1, 0.15) is 5.82 Å². The van der Waals surface area contributed by atoms with Gasteiger partial charge in [0, 0.05) is 29.4 Å². The molecule has 2 N–H and O–H groups in total. The van der Waals surface area contributed by atoms with Crippen molar-refractivity contribution in [3.05, 3.63) is 104 Å². The average Bonchev–Trinajstić information content (AvgIpc) is 2.94. The highest BCUT2D eigenvalue weighted by atomic mass is 35.5. The summed E-state index contributed by atoms with van der Waals surface area (Å²) in [5.41, 5.74) is 1.52. The molecule has 1 aliphatic heterocycles. The average molecular weight is 628 g/mol. The summed E-state index contributed by atoms with van der Waals surface area (Å²) < 4.78 is 29.7. The van der Waals surface area contributed by atoms with E-state index in [1.54, 1.807) is 47.4 Å². The van der Waals surface area contributed by atoms with Gasteiger partial charge in [-0.15, -0.1) is 0 Å². The summed E-state index contributed by atoms with van der Waals surface area (Å²) in [5, 5.41) is 3.85. The van der Waals surface area contributed by atoms with E-state index in [2.05, 4.69) is 15.0 Å². The van der Waals surface area contributed by atoms with Crippen LogP contribution in [0, 0.1) is 0 Å². The largest absolute Gasteiger partial charge is 0.353 e. The Kier molecular flexibility index (Phi) is 8.27. The van der Waals surface area contributed by atoms with E-state index in [4.69, 9.17) is 28.2 Å². The van der Waals surface area contributed by atoms with Gasteiger partial charge in [-0.2, -0.15) is 0 Å². The number of nitrogens with zero attached hydrogens (tertiary/aromatic N) is 4. The first kappa shape index (κ1) is 29.6. The lowest BCUT2D eigenvalue weighted by Gasteiger charge is -2.34. The van der Waals surface area contributed by atoms with Crippen LogP contribution >= 0.6 is 23.2 Å². The minimum absolute atomic E-state index is 0.0133. The summed E-state index contributed by atoms with van der Waals surface area (Å²) in [6, 6.07) is 15.2. The first-order valence-corrected chi connectivity index (χ1v) is 15.4. The van der Waals surface area contributed by atoms with Gasteiger partial charge in [-0.1, -0.05) is 29.3 Å². The van der Waals surface area contributed by atoms with E-state index in [0.29, 0.717) is 27.5 Å². The summed E-state index contributed by atoms with van der Waals surface area (Å²) in [6.07, 6.45) is 1.78. The lowest BCUT2D eigenvalue weighted by molar-refractivity contribution is 0.0653. The smallest absolute Gasteiger partial charge is 0.263 e. The van der Waals surface area contributed by atoms with Crippen LogP contribution in [0.25, 0.3) is 5.69 Å². The number of anilines is 2. The van der Waals surface area contributed by atoms with E-state index >= 15 is 0 Å². The molecule has 1 amide bonds. The van der Waals surface area contributed by atoms with E-state index in [1.165, 1.54) is 29.0 Å². The van der Waals surface area contributed by atoms with Gasteiger partial charge in [0.05, 0.1) is 32.9 Å². The molecular weight excluding hydrogens is 599 g/mol. The van der Waals surface area contributed by atoms with Crippen LogP contribution in [0.1, 0.15) is 42.4 Å². The summed E-state index contributed by atoms with van der Waals surface area (Å²) in [6.45, 7) is 5.83. The number of rotatable bonds is 7. The minimum atomic E-state index is -3.90. The molecule has 4 aromatic rings. The number of aromatic nitrogens is 3. The maximum Gasteiger partial charge on any atom is 0.263 e. The van der Waals surface area contributed by atoms with Crippen LogP contribution in [-0.2, 0) is 23.0 Å². The highest BCUT2D eigenvalue weighted by Gasteiger charge is 2.32. The molecule has 1 atom stereocenters. The third-order valence-electron chi connectivity index (χ3n) is 6.77. The molecule has 1 aliphatic rings. The van der Waals surface area contributed by atoms with E-state index in [-0.39, 0.29) is 58.2 Å². The molecule has 3 heterocycles. The lowest BCUT2D eigenvalue weighted by Crippen LogP contribution is -2.46. The number of carbonyl (C=O) groups is 1. The fourth-order valence-corrected chi connectivity index (χ4v) is 6.02. The zero-order valence-electron chi connectivity index (χ0n) is 23.0. The second-order valence-electron chi connectivity index (χ2n) is 10.2. The number of sulfonamides is 1. The second kappa shape index (κ2) is 11.7. The van der Waals surface area contributed by atoms with Crippen molar-refractivity contribution < 1.29 is 13.2 Å². The van der Waals surface area contributed by atoms with Crippen molar-refractivity contribution in [1.29, 1.82) is 0 Å². The summed E-state index contributed by atoms with van der Waals surface area (Å²) >= 11 is 12.2. The molecular formula is C29H28Cl2N6O4S. The van der Waals surface area contributed by atoms with E-state index in [1.807, 2.05) is 20.8 Å². The molecule has 218 valence electrons. The highest BCUT2D eigenvalue weighted by molar-refractivity contribution is 7.92. The molecule has 0 saturated heterocycles. The zero-order chi connectivity index (χ0) is 30.2. The molecule has 0 aliphatic carbocycles. The van der Waals surface area contributed by atoms with Crippen molar-refractivity contribution in [2.75, 3.05) is 10.0 Å². The van der Waals surface area contributed by atoms with Crippen molar-refractivity contribution in [2.24, 2.45) is 0 Å². The molecule has 2 aromatic heterocycles. The standard InChI is InChI=1S/C29H28Cl2N6O4S/c1-17(2)33-29-34-25-16-36(27(38)19-7-12-23(30)24(31)15-19)18(3)14-22(25)28(39)37(29)20-8-10-21(11-9-20)42(40,41)35-26-6-4-5-13-32-26/h4-13,15,17-18H,14,16H2,1-3H3,(H,32,35)(H,33,34)/t18-/m1/s1. The van der Waals surface area contributed by atoms with Crippen LogP contribution in [0.15, 0.2) is 76.6 Å². The monoisotopic (exact) mass is 626 g/mol. The van der Waals surface area contributed by atoms with Crippen LogP contribution in [0.2, 0.25) is 10.0 Å². The number of hydrogen-bond donors (Lipinski definition) is 2. The van der Waals surface area contributed by atoms with Crippen molar-refractivity contribution in [3.63, 3.8) is 0 Å². The van der Waals surface area contributed by atoms with Gasteiger partial charge in [0.2, 0.25) is 5.95 Å². The van der Waals surface area contributed by atoms with Gasteiger partial charge in [-0.25, -0.2) is 23.0 Å². The molecule has 0 unspecified atom stereocenters. The Hall–Kier alpha value is -3.93. The molecule has 42 heavy (non-hydrogen) atoms. The maximum atomic E-state index is 13.9. The maximum absolute atomic E-state index is 13.9. The van der Waals surface area contributed by atoms with Gasteiger partial charge in [-0.3, -0.25) is 14.3 Å². The quantitative estimate of drug-likeness (QED) is 0.291. The Morgan fingerprint density at radius 2 is 1.79 bits per heavy atom. The Balaban J connectivity index is 1.50. The van der Waals surface area contributed by atoms with Crippen molar-refractivity contribution in [1.82, 2.24) is 19.4 Å². The van der Waals surface area contributed by atoms with Crippen molar-refractivity contribution in [2.45, 2.75) is 50.7 Å². The number of fused-ring (bicyclic) bond motifs is 1. The summed E-state index contributed by atoms with van der Waals surface area (Å²) in [4.78, 5) is 37.8. The Bertz CT molecular complexity index is 1810. The number of carbonyl (C=O) groups excluding carboxylic acids is 1. The molecule has 0 bridgehead atoms. The number of benzene rings is 2. The van der Waals surface area contributed by atoms with Crippen LogP contribution in [0.4, 0.5) is 11.8 Å². The van der Waals surface area contributed by atoms with E-state index < -0.39 is 10.0 Å². The predicted molar refractivity (Wildman–Crippen MR) is 163 cm³/mol. The van der Waals surface area contributed by atoms with E-state index in [9.17, 15) is 18.0 Å². The van der Waals surface area contributed by atoms with Gasteiger partial charge >= 0.3 is 0 Å². The minimum Gasteiger partial charge on any atom is -0.353 e. The second-order valence-corrected chi connectivity index (χ2v) is 12.7. The van der Waals surface area contributed by atoms with Gasteiger partial charge in [0.25, 0.3) is 21.5 Å². The predicted octanol–water partition coefficient (Wildman–Crippen LogP) is 5.14. The fourth-order valence-electron chi connectivity index (χ4n) is 4.71. The lowest BCUT2D eigenvalue weighted by atomic mass is 9.98. The first-order chi connectivity index (χ1) is 19.9. The van der Waals surface area contributed by atoms with Crippen molar-refractivity contribution >= 4 is 50.9 Å². The molecule has 0 radical (unpaired) electrons. The summed E-state index contributed by atoms with van der Waals surface area (Å²) in [5.74, 6) is 0.237. The molecule has 0 saturated carbocycles. The topological polar surface area (TPSA) is 126 Å². The fraction of sp³-hybridized carbons (Fsp3) is 0.241. The Labute approximate surface area is 253 Å². The highest BCUT2D eigenvalue weighted by Crippen LogP contribution is 2.28. The van der Waals surface area contributed by atoms with Crippen molar-refractivity contribution in [3.8, 4) is 5.69 Å². The number of nitrogens with one attached hydrogen (secondary N) is 2. The Morgan fingerprint density at radius 3 is 2.43 bits per heavy atom. The number of amides is 1. The zero-order valence-corrected chi connectivity index (χ0v) is 25.3. The van der Waals surface area contributed by atoms with Crippen LogP contribution in [0.5, 0.6) is 0 Å². The number of pyridine rings is 1. The molecule has 2 aromatic carbocycles. The van der Waals surface area contributed by atoms with Crippen LogP contribution in [-0.4, -0.2) is 45.8 Å². The Morgan fingerprint density at radius 1 is 1.05 bits per heavy atom. The normalized spacial score (nSPS) is 14.9. The first-order valence-electron chi connectivity index (χ1n) is 13.2. The van der Waals surface area contributed by atoms with Gasteiger partial charge < -0.3 is 10.2 Å². The SMILES string of the molecule is CC(C)Nc1nc2c(c(=O)n1-c1ccc(S(=O)(=O)Nc3ccccn3)cc1)C[C@@H](C)N(C(=O)c1ccc(Cl)c(Cl)c1)C2. The molecule has 10 nitrogen and oxygen atoms in total. The van der Waals surface area contributed by atoms with E-state index in [0.717, 1.165) is 0 Å². The van der Waals surface area contributed by atoms with Crippen LogP contribution in [0.3, 0.4) is 0 Å². The van der Waals surface area contributed by atoms with Gasteiger partial charge in [0.15, 0.2) is 0 Å². The molecule has 0 fully saturated rings. The third-order valence-corrected chi connectivity index (χ3v) is 8.88. The number of halogens is 2. The molecule has 0 spiro atoms. The van der Waals surface area contributed by atoms with Gasteiger partial charge in [-0.05, 0) is 81.8 Å². The third kappa shape index (κ3) is 5.99. The summed E-state index contributed by atoms with van der Waals surface area (Å²) in [7, 11) is -3.90. The number of hydrogen-bond acceptors (Lipinski definition) is 7.